The summed E-state index contributed by atoms with van der Waals surface area (Å²) in [6.07, 6.45) is 0.890. The Morgan fingerprint density at radius 3 is 2.70 bits per heavy atom. The van der Waals surface area contributed by atoms with Crippen molar-refractivity contribution in [3.05, 3.63) is 29.6 Å². The molecule has 110 valence electrons. The molecule has 20 heavy (non-hydrogen) atoms. The van der Waals surface area contributed by atoms with E-state index in [2.05, 4.69) is 15.4 Å². The van der Waals surface area contributed by atoms with E-state index < -0.39 is 11.8 Å². The van der Waals surface area contributed by atoms with E-state index in [0.717, 1.165) is 18.6 Å². The van der Waals surface area contributed by atoms with Gasteiger partial charge in [-0.2, -0.15) is 0 Å². The van der Waals surface area contributed by atoms with Gasteiger partial charge in [0, 0.05) is 6.04 Å². The molecule has 5 nitrogen and oxygen atoms in total. The molecule has 0 bridgehead atoms. The van der Waals surface area contributed by atoms with E-state index in [4.69, 9.17) is 0 Å². The zero-order valence-corrected chi connectivity index (χ0v) is 11.8. The van der Waals surface area contributed by atoms with Gasteiger partial charge >= 0.3 is 5.97 Å². The van der Waals surface area contributed by atoms with Crippen LogP contribution in [0.5, 0.6) is 0 Å². The molecule has 1 rings (SSSR count). The van der Waals surface area contributed by atoms with Gasteiger partial charge in [-0.05, 0) is 31.5 Å². The van der Waals surface area contributed by atoms with Crippen LogP contribution in [0.1, 0.15) is 30.6 Å². The van der Waals surface area contributed by atoms with E-state index in [1.54, 1.807) is 0 Å². The van der Waals surface area contributed by atoms with Gasteiger partial charge in [-0.3, -0.25) is 4.79 Å². The molecule has 0 aromatic heterocycles. The Morgan fingerprint density at radius 2 is 2.10 bits per heavy atom. The maximum Gasteiger partial charge on any atom is 0.339 e. The first-order chi connectivity index (χ1) is 9.47. The van der Waals surface area contributed by atoms with Gasteiger partial charge in [0.1, 0.15) is 5.82 Å². The molecule has 0 heterocycles. The first kappa shape index (κ1) is 16.1. The molecule has 0 fully saturated rings. The third-order valence-electron chi connectivity index (χ3n) is 2.88. The number of anilines is 1. The van der Waals surface area contributed by atoms with Gasteiger partial charge in [-0.25, -0.2) is 9.18 Å². The second-order valence-corrected chi connectivity index (χ2v) is 4.42. The average Bonchev–Trinajstić information content (AvgIpc) is 2.44. The molecule has 0 saturated heterocycles. The molecule has 0 spiro atoms. The Hall–Kier alpha value is -1.95. The number of hydrogen-bond acceptors (Lipinski definition) is 4. The molecule has 0 radical (unpaired) electrons. The van der Waals surface area contributed by atoms with Gasteiger partial charge in [0.05, 0.1) is 24.9 Å². The number of rotatable bonds is 6. The standard InChI is InChI=1S/C14H19FN2O3/c1-4-9(2)16-8-13(18)17-12-7-10(15)5-6-11(12)14(19)20-3/h5-7,9,16H,4,8H2,1-3H3,(H,17,18). The lowest BCUT2D eigenvalue weighted by Gasteiger charge is -2.13. The molecule has 6 heteroatoms. The zero-order chi connectivity index (χ0) is 15.1. The first-order valence-electron chi connectivity index (χ1n) is 6.39. The van der Waals surface area contributed by atoms with E-state index in [1.807, 2.05) is 13.8 Å². The lowest BCUT2D eigenvalue weighted by atomic mass is 10.1. The summed E-state index contributed by atoms with van der Waals surface area (Å²) < 4.78 is 17.8. The second-order valence-electron chi connectivity index (χ2n) is 4.42. The van der Waals surface area contributed by atoms with E-state index in [9.17, 15) is 14.0 Å². The van der Waals surface area contributed by atoms with Crippen molar-refractivity contribution in [1.29, 1.82) is 0 Å². The fourth-order valence-electron chi connectivity index (χ4n) is 1.51. The topological polar surface area (TPSA) is 67.4 Å². The quantitative estimate of drug-likeness (QED) is 0.782. The number of benzene rings is 1. The Labute approximate surface area is 117 Å². The van der Waals surface area contributed by atoms with Crippen LogP contribution in [0.15, 0.2) is 18.2 Å². The minimum Gasteiger partial charge on any atom is -0.465 e. The smallest absolute Gasteiger partial charge is 0.339 e. The van der Waals surface area contributed by atoms with Crippen LogP contribution in [0.25, 0.3) is 0 Å². The fraction of sp³-hybridized carbons (Fsp3) is 0.429. The maximum absolute atomic E-state index is 13.2. The Kier molecular flexibility index (Phi) is 6.11. The molecule has 1 unspecified atom stereocenters. The monoisotopic (exact) mass is 282 g/mol. The van der Waals surface area contributed by atoms with Crippen molar-refractivity contribution in [2.45, 2.75) is 26.3 Å². The largest absolute Gasteiger partial charge is 0.465 e. The van der Waals surface area contributed by atoms with Gasteiger partial charge in [0.25, 0.3) is 0 Å². The summed E-state index contributed by atoms with van der Waals surface area (Å²) in [5.41, 5.74) is 0.221. The zero-order valence-electron chi connectivity index (χ0n) is 11.8. The minimum atomic E-state index is -0.629. The van der Waals surface area contributed by atoms with Crippen LogP contribution in [0.4, 0.5) is 10.1 Å². The summed E-state index contributed by atoms with van der Waals surface area (Å²) in [5, 5.41) is 5.51. The predicted molar refractivity (Wildman–Crippen MR) is 74.1 cm³/mol. The predicted octanol–water partition coefficient (Wildman–Crippen LogP) is 1.94. The van der Waals surface area contributed by atoms with Gasteiger partial charge < -0.3 is 15.4 Å². The minimum absolute atomic E-state index is 0.0894. The molecule has 1 aromatic rings. The SMILES string of the molecule is CCC(C)NCC(=O)Nc1cc(F)ccc1C(=O)OC. The number of esters is 1. The van der Waals surface area contributed by atoms with E-state index in [1.165, 1.54) is 13.2 Å². The molecule has 1 aromatic carbocycles. The number of hydrogen-bond donors (Lipinski definition) is 2. The summed E-state index contributed by atoms with van der Waals surface area (Å²) >= 11 is 0. The van der Waals surface area contributed by atoms with E-state index >= 15 is 0 Å². The third-order valence-corrected chi connectivity index (χ3v) is 2.88. The Morgan fingerprint density at radius 1 is 1.40 bits per heavy atom. The lowest BCUT2D eigenvalue weighted by Crippen LogP contribution is -2.34. The maximum atomic E-state index is 13.2. The van der Waals surface area contributed by atoms with Gasteiger partial charge in [0.2, 0.25) is 5.91 Å². The van der Waals surface area contributed by atoms with Crippen LogP contribution < -0.4 is 10.6 Å². The van der Waals surface area contributed by atoms with Crippen LogP contribution in [0.2, 0.25) is 0 Å². The molecule has 0 aliphatic heterocycles. The summed E-state index contributed by atoms with van der Waals surface area (Å²) in [7, 11) is 1.22. The van der Waals surface area contributed by atoms with Crippen molar-refractivity contribution in [3.63, 3.8) is 0 Å². The molecule has 1 amide bonds. The highest BCUT2D eigenvalue weighted by Crippen LogP contribution is 2.18. The van der Waals surface area contributed by atoms with Crippen LogP contribution >= 0.6 is 0 Å². The van der Waals surface area contributed by atoms with Crippen molar-refractivity contribution in [2.75, 3.05) is 19.0 Å². The van der Waals surface area contributed by atoms with E-state index in [0.29, 0.717) is 0 Å². The first-order valence-corrected chi connectivity index (χ1v) is 6.39. The Bertz CT molecular complexity index is 491. The van der Waals surface area contributed by atoms with Crippen LogP contribution in [-0.2, 0) is 9.53 Å². The number of amides is 1. The summed E-state index contributed by atoms with van der Waals surface area (Å²) in [4.78, 5) is 23.3. The van der Waals surface area contributed by atoms with Crippen LogP contribution in [-0.4, -0.2) is 31.6 Å². The van der Waals surface area contributed by atoms with Gasteiger partial charge in [0.15, 0.2) is 0 Å². The summed E-state index contributed by atoms with van der Waals surface area (Å²) in [6.45, 7) is 4.04. The van der Waals surface area contributed by atoms with Crippen LogP contribution in [0, 0.1) is 5.82 Å². The highest BCUT2D eigenvalue weighted by atomic mass is 19.1. The van der Waals surface area contributed by atoms with Crippen molar-refractivity contribution < 1.29 is 18.7 Å². The van der Waals surface area contributed by atoms with Crippen molar-refractivity contribution in [2.24, 2.45) is 0 Å². The number of nitrogens with one attached hydrogen (secondary N) is 2. The van der Waals surface area contributed by atoms with Crippen molar-refractivity contribution >= 4 is 17.6 Å². The molecular weight excluding hydrogens is 263 g/mol. The fourth-order valence-corrected chi connectivity index (χ4v) is 1.51. The molecule has 0 aliphatic carbocycles. The third kappa shape index (κ3) is 4.62. The van der Waals surface area contributed by atoms with Gasteiger partial charge in [-0.1, -0.05) is 6.92 Å². The molecule has 1 atom stereocenters. The normalized spacial score (nSPS) is 11.8. The number of carbonyl (C=O) groups is 2. The summed E-state index contributed by atoms with van der Waals surface area (Å²) in [5.74, 6) is -1.51. The van der Waals surface area contributed by atoms with Gasteiger partial charge in [-0.15, -0.1) is 0 Å². The molecular formula is C14H19FN2O3. The lowest BCUT2D eigenvalue weighted by molar-refractivity contribution is -0.115. The number of methoxy groups -OCH3 is 1. The molecule has 2 N–H and O–H groups in total. The van der Waals surface area contributed by atoms with Crippen molar-refractivity contribution in [1.82, 2.24) is 5.32 Å². The van der Waals surface area contributed by atoms with Crippen molar-refractivity contribution in [3.8, 4) is 0 Å². The average molecular weight is 282 g/mol. The number of carbonyl (C=O) groups excluding carboxylic acids is 2. The summed E-state index contributed by atoms with van der Waals surface area (Å²) in [6, 6.07) is 3.71. The number of halogens is 1. The van der Waals surface area contributed by atoms with Crippen LogP contribution in [0.3, 0.4) is 0 Å². The number of ether oxygens (including phenoxy) is 1. The van der Waals surface area contributed by atoms with E-state index in [-0.39, 0.29) is 29.7 Å². The molecule has 0 saturated carbocycles. The highest BCUT2D eigenvalue weighted by Gasteiger charge is 2.15. The Balaban J connectivity index is 2.77. The highest BCUT2D eigenvalue weighted by molar-refractivity contribution is 6.01. The molecule has 0 aliphatic rings. The second kappa shape index (κ2) is 7.59.